The Balaban J connectivity index is 2.11. The van der Waals surface area contributed by atoms with Crippen molar-refractivity contribution in [2.45, 2.75) is 19.5 Å². The molecule has 1 aliphatic heterocycles. The van der Waals surface area contributed by atoms with Gasteiger partial charge in [-0.1, -0.05) is 24.3 Å². The van der Waals surface area contributed by atoms with E-state index in [-0.39, 0.29) is 6.61 Å². The molecule has 0 aromatic heterocycles. The number of hydrogen-bond acceptors (Lipinski definition) is 3. The van der Waals surface area contributed by atoms with Crippen LogP contribution >= 0.6 is 0 Å². The molecule has 0 amide bonds. The summed E-state index contributed by atoms with van der Waals surface area (Å²) in [5.41, 5.74) is 2.38. The molecule has 1 N–H and O–H groups in total. The van der Waals surface area contributed by atoms with Crippen LogP contribution in [0.5, 0.6) is 0 Å². The van der Waals surface area contributed by atoms with Crippen LogP contribution in [0.25, 0.3) is 0 Å². The number of carboxylic acid groups (broad SMARTS) is 1. The topological polar surface area (TPSA) is 49.8 Å². The molecule has 4 heteroatoms. The van der Waals surface area contributed by atoms with Crippen LogP contribution in [0.2, 0.25) is 0 Å². The summed E-state index contributed by atoms with van der Waals surface area (Å²) in [6.45, 7) is 4.28. The van der Waals surface area contributed by atoms with Gasteiger partial charge < -0.3 is 9.84 Å². The summed E-state index contributed by atoms with van der Waals surface area (Å²) in [6.07, 6.45) is 0. The number of morpholine rings is 1. The molecular weight excluding hydrogens is 218 g/mol. The highest BCUT2D eigenvalue weighted by Crippen LogP contribution is 2.15. The minimum absolute atomic E-state index is 0.279. The van der Waals surface area contributed by atoms with Gasteiger partial charge in [0.25, 0.3) is 0 Å². The van der Waals surface area contributed by atoms with E-state index in [1.807, 2.05) is 36.1 Å². The zero-order valence-corrected chi connectivity index (χ0v) is 9.93. The maximum atomic E-state index is 11.1. The molecule has 1 aromatic rings. The molecule has 1 unspecified atom stereocenters. The lowest BCUT2D eigenvalue weighted by atomic mass is 10.1. The Hall–Kier alpha value is -1.39. The molecule has 2 rings (SSSR count). The van der Waals surface area contributed by atoms with E-state index in [0.29, 0.717) is 19.7 Å². The summed E-state index contributed by atoms with van der Waals surface area (Å²) in [7, 11) is 0. The van der Waals surface area contributed by atoms with Crippen LogP contribution < -0.4 is 0 Å². The first kappa shape index (κ1) is 12.1. The van der Waals surface area contributed by atoms with E-state index < -0.39 is 12.0 Å². The Labute approximate surface area is 101 Å². The first-order valence-corrected chi connectivity index (χ1v) is 5.77. The van der Waals surface area contributed by atoms with Crippen molar-refractivity contribution in [3.05, 3.63) is 35.4 Å². The lowest BCUT2D eigenvalue weighted by Gasteiger charge is -2.33. The average molecular weight is 235 g/mol. The second-order valence-corrected chi connectivity index (χ2v) is 4.33. The van der Waals surface area contributed by atoms with E-state index in [9.17, 15) is 4.79 Å². The van der Waals surface area contributed by atoms with Gasteiger partial charge in [-0.2, -0.15) is 0 Å². The van der Waals surface area contributed by atoms with E-state index >= 15 is 0 Å². The highest BCUT2D eigenvalue weighted by Gasteiger charge is 2.29. The van der Waals surface area contributed by atoms with Crippen LogP contribution in [0.1, 0.15) is 11.1 Å². The maximum Gasteiger partial charge on any atom is 0.323 e. The quantitative estimate of drug-likeness (QED) is 0.857. The van der Waals surface area contributed by atoms with Crippen molar-refractivity contribution in [1.29, 1.82) is 0 Å². The number of carbonyl (C=O) groups is 1. The van der Waals surface area contributed by atoms with Crippen molar-refractivity contribution in [3.8, 4) is 0 Å². The van der Waals surface area contributed by atoms with Gasteiger partial charge in [-0.15, -0.1) is 0 Å². The summed E-state index contributed by atoms with van der Waals surface area (Å²) in [6, 6.07) is 7.55. The van der Waals surface area contributed by atoms with Gasteiger partial charge in [0, 0.05) is 13.1 Å². The molecule has 0 saturated carbocycles. The molecule has 0 bridgehead atoms. The van der Waals surface area contributed by atoms with Crippen LogP contribution in [0.15, 0.2) is 24.3 Å². The third kappa shape index (κ3) is 2.84. The molecule has 0 spiro atoms. The first-order valence-electron chi connectivity index (χ1n) is 5.77. The van der Waals surface area contributed by atoms with Crippen molar-refractivity contribution in [1.82, 2.24) is 4.90 Å². The minimum atomic E-state index is -0.807. The molecular formula is C13H17NO3. The first-order chi connectivity index (χ1) is 8.18. The minimum Gasteiger partial charge on any atom is -0.480 e. The third-order valence-corrected chi connectivity index (χ3v) is 3.16. The number of rotatable bonds is 3. The largest absolute Gasteiger partial charge is 0.480 e. The molecule has 0 aliphatic carbocycles. The van der Waals surface area contributed by atoms with Crippen molar-refractivity contribution in [2.75, 3.05) is 19.8 Å². The van der Waals surface area contributed by atoms with Gasteiger partial charge in [-0.3, -0.25) is 9.69 Å². The fourth-order valence-corrected chi connectivity index (χ4v) is 2.06. The monoisotopic (exact) mass is 235 g/mol. The smallest absolute Gasteiger partial charge is 0.323 e. The van der Waals surface area contributed by atoms with Crippen molar-refractivity contribution in [3.63, 3.8) is 0 Å². The number of nitrogens with zero attached hydrogens (tertiary/aromatic N) is 1. The zero-order valence-electron chi connectivity index (χ0n) is 9.93. The normalized spacial score (nSPS) is 21.4. The Morgan fingerprint density at radius 2 is 2.29 bits per heavy atom. The molecule has 4 nitrogen and oxygen atoms in total. The molecule has 0 radical (unpaired) electrons. The van der Waals surface area contributed by atoms with E-state index in [4.69, 9.17) is 9.84 Å². The van der Waals surface area contributed by atoms with Crippen LogP contribution in [0.4, 0.5) is 0 Å². The van der Waals surface area contributed by atoms with Gasteiger partial charge >= 0.3 is 5.97 Å². The van der Waals surface area contributed by atoms with E-state index in [1.165, 1.54) is 11.1 Å². The van der Waals surface area contributed by atoms with Crippen LogP contribution in [0.3, 0.4) is 0 Å². The Morgan fingerprint density at radius 1 is 1.53 bits per heavy atom. The Morgan fingerprint density at radius 3 is 3.00 bits per heavy atom. The number of ether oxygens (including phenoxy) is 1. The number of aryl methyl sites for hydroxylation is 1. The summed E-state index contributed by atoms with van der Waals surface area (Å²) in [5.74, 6) is -0.807. The van der Waals surface area contributed by atoms with Gasteiger partial charge in [0.05, 0.1) is 13.2 Å². The van der Waals surface area contributed by atoms with Crippen LogP contribution in [0, 0.1) is 6.92 Å². The fraction of sp³-hybridized carbons (Fsp3) is 0.462. The number of carboxylic acids is 1. The van der Waals surface area contributed by atoms with Crippen molar-refractivity contribution >= 4 is 5.97 Å². The van der Waals surface area contributed by atoms with Crippen LogP contribution in [-0.2, 0) is 16.1 Å². The summed E-state index contributed by atoms with van der Waals surface area (Å²) < 4.78 is 5.22. The van der Waals surface area contributed by atoms with Gasteiger partial charge in [0.1, 0.15) is 6.04 Å². The number of hydrogen-bond donors (Lipinski definition) is 1. The second kappa shape index (κ2) is 5.29. The van der Waals surface area contributed by atoms with Crippen LogP contribution in [-0.4, -0.2) is 41.8 Å². The third-order valence-electron chi connectivity index (χ3n) is 3.16. The predicted molar refractivity (Wildman–Crippen MR) is 63.8 cm³/mol. The summed E-state index contributed by atoms with van der Waals surface area (Å²) >= 11 is 0. The van der Waals surface area contributed by atoms with Gasteiger partial charge in [0.2, 0.25) is 0 Å². The summed E-state index contributed by atoms with van der Waals surface area (Å²) in [5, 5.41) is 9.13. The average Bonchev–Trinajstić information content (AvgIpc) is 2.32. The molecule has 1 fully saturated rings. The zero-order chi connectivity index (χ0) is 12.3. The molecule has 92 valence electrons. The molecule has 17 heavy (non-hydrogen) atoms. The highest BCUT2D eigenvalue weighted by molar-refractivity contribution is 5.73. The highest BCUT2D eigenvalue weighted by atomic mass is 16.5. The maximum absolute atomic E-state index is 11.1. The van der Waals surface area contributed by atoms with Crippen molar-refractivity contribution < 1.29 is 14.6 Å². The molecule has 1 heterocycles. The van der Waals surface area contributed by atoms with Gasteiger partial charge in [-0.05, 0) is 18.1 Å². The SMILES string of the molecule is Cc1ccccc1CN1CCOCC1C(=O)O. The summed E-state index contributed by atoms with van der Waals surface area (Å²) in [4.78, 5) is 13.1. The predicted octanol–water partition coefficient (Wildman–Crippen LogP) is 1.28. The second-order valence-electron chi connectivity index (χ2n) is 4.33. The lowest BCUT2D eigenvalue weighted by Crippen LogP contribution is -2.49. The molecule has 1 aliphatic rings. The van der Waals surface area contributed by atoms with E-state index in [2.05, 4.69) is 0 Å². The van der Waals surface area contributed by atoms with E-state index in [1.54, 1.807) is 0 Å². The van der Waals surface area contributed by atoms with Crippen molar-refractivity contribution in [2.24, 2.45) is 0 Å². The standard InChI is InChI=1S/C13H17NO3/c1-10-4-2-3-5-11(10)8-14-6-7-17-9-12(14)13(15)16/h2-5,12H,6-9H2,1H3,(H,15,16). The molecule has 1 saturated heterocycles. The van der Waals surface area contributed by atoms with E-state index in [0.717, 1.165) is 0 Å². The Kier molecular flexibility index (Phi) is 3.76. The molecule has 1 aromatic carbocycles. The van der Waals surface area contributed by atoms with Gasteiger partial charge in [0.15, 0.2) is 0 Å². The number of aliphatic carboxylic acids is 1. The molecule has 1 atom stereocenters. The lowest BCUT2D eigenvalue weighted by molar-refractivity contribution is -0.150. The fourth-order valence-electron chi connectivity index (χ4n) is 2.06. The van der Waals surface area contributed by atoms with Gasteiger partial charge in [-0.25, -0.2) is 0 Å². The number of benzene rings is 1. The Bertz CT molecular complexity index is 405.